The topological polar surface area (TPSA) is 68.8 Å². The number of hydrogen-bond donors (Lipinski definition) is 1. The number of piperazine rings is 1. The van der Waals surface area contributed by atoms with E-state index < -0.39 is 11.6 Å². The number of hydrogen-bond acceptors (Lipinski definition) is 3. The zero-order valence-corrected chi connectivity index (χ0v) is 18.3. The van der Waals surface area contributed by atoms with E-state index in [1.54, 1.807) is 11.1 Å². The van der Waals surface area contributed by atoms with Crippen molar-refractivity contribution in [2.24, 2.45) is 5.10 Å². The zero-order valence-electron chi connectivity index (χ0n) is 16.7. The lowest BCUT2D eigenvalue weighted by atomic mass is 9.82. The molecule has 1 N–H and O–H groups in total. The number of rotatable bonds is 2. The molecule has 2 aliphatic rings. The van der Waals surface area contributed by atoms with Crippen molar-refractivity contribution in [2.45, 2.75) is 31.8 Å². The Hall–Kier alpha value is -2.93. The molecule has 0 bridgehead atoms. The van der Waals surface area contributed by atoms with Crippen molar-refractivity contribution in [3.63, 3.8) is 0 Å². The van der Waals surface area contributed by atoms with Crippen LogP contribution in [0, 0.1) is 0 Å². The molecule has 30 heavy (non-hydrogen) atoms. The Balaban J connectivity index is 1.52. The average Bonchev–Trinajstić information content (AvgIpc) is 3.09. The predicted octanol–water partition coefficient (Wildman–Crippen LogP) is 3.80. The van der Waals surface area contributed by atoms with Crippen LogP contribution in [0.25, 0.3) is 10.9 Å². The van der Waals surface area contributed by atoms with Crippen LogP contribution in [0.15, 0.2) is 58.1 Å². The minimum absolute atomic E-state index is 0.0567. The minimum Gasteiger partial charge on any atom is -0.356 e. The first-order valence-electron chi connectivity index (χ1n) is 9.89. The maximum atomic E-state index is 13.3. The summed E-state index contributed by atoms with van der Waals surface area (Å²) in [6.45, 7) is 3.94. The van der Waals surface area contributed by atoms with Gasteiger partial charge in [0.1, 0.15) is 12.6 Å². The van der Waals surface area contributed by atoms with Gasteiger partial charge >= 0.3 is 0 Å². The minimum atomic E-state index is -0.607. The average molecular weight is 465 g/mol. The highest BCUT2D eigenvalue weighted by Gasteiger charge is 2.51. The van der Waals surface area contributed by atoms with Crippen LogP contribution in [0.1, 0.15) is 30.7 Å². The molecule has 152 valence electrons. The molecule has 0 aliphatic carbocycles. The standard InChI is InChI=1S/C23H21BrN4O2/c1-23(2)21-17(16-8-3-4-9-18(16)26-21)11-19-22(30)27(13-20(29)28(19)23)25-12-14-6-5-7-15(24)10-14/h3-10,12,19,26H,11,13H2,1-2H3. The van der Waals surface area contributed by atoms with Crippen LogP contribution in [0.2, 0.25) is 0 Å². The lowest BCUT2D eigenvalue weighted by Crippen LogP contribution is -2.66. The van der Waals surface area contributed by atoms with Gasteiger partial charge in [0.25, 0.3) is 5.91 Å². The number of para-hydroxylation sites is 1. The summed E-state index contributed by atoms with van der Waals surface area (Å²) in [5.74, 6) is -0.245. The van der Waals surface area contributed by atoms with Gasteiger partial charge in [-0.25, -0.2) is 5.01 Å². The summed E-state index contributed by atoms with van der Waals surface area (Å²) >= 11 is 3.43. The number of H-pyrrole nitrogens is 1. The summed E-state index contributed by atoms with van der Waals surface area (Å²) in [5.41, 5.74) is 3.39. The van der Waals surface area contributed by atoms with Crippen molar-refractivity contribution in [2.75, 3.05) is 6.54 Å². The second kappa shape index (κ2) is 6.80. The molecule has 1 atom stereocenters. The van der Waals surface area contributed by atoms with Crippen LogP contribution in [0.3, 0.4) is 0 Å². The Morgan fingerprint density at radius 3 is 2.77 bits per heavy atom. The molecule has 7 heteroatoms. The fourth-order valence-electron chi connectivity index (χ4n) is 4.69. The number of nitrogens with zero attached hydrogens (tertiary/aromatic N) is 3. The third-order valence-electron chi connectivity index (χ3n) is 6.02. The number of aromatic amines is 1. The Bertz CT molecular complexity index is 1210. The fraction of sp³-hybridized carbons (Fsp3) is 0.261. The summed E-state index contributed by atoms with van der Waals surface area (Å²) < 4.78 is 0.930. The van der Waals surface area contributed by atoms with E-state index in [4.69, 9.17) is 0 Å². The Labute approximate surface area is 182 Å². The summed E-state index contributed by atoms with van der Waals surface area (Å²) in [7, 11) is 0. The van der Waals surface area contributed by atoms with E-state index in [1.807, 2.05) is 56.3 Å². The van der Waals surface area contributed by atoms with Gasteiger partial charge in [-0.3, -0.25) is 9.59 Å². The molecule has 3 aromatic rings. The first-order valence-corrected chi connectivity index (χ1v) is 10.7. The molecular weight excluding hydrogens is 444 g/mol. The molecule has 0 radical (unpaired) electrons. The van der Waals surface area contributed by atoms with E-state index in [1.165, 1.54) is 5.01 Å². The summed E-state index contributed by atoms with van der Waals surface area (Å²) in [5, 5.41) is 6.77. The van der Waals surface area contributed by atoms with Crippen molar-refractivity contribution in [3.8, 4) is 0 Å². The van der Waals surface area contributed by atoms with E-state index in [0.29, 0.717) is 6.42 Å². The summed E-state index contributed by atoms with van der Waals surface area (Å²) in [6, 6.07) is 15.2. The fourth-order valence-corrected chi connectivity index (χ4v) is 5.10. The number of fused-ring (bicyclic) bond motifs is 4. The van der Waals surface area contributed by atoms with Gasteiger partial charge in [-0.15, -0.1) is 0 Å². The van der Waals surface area contributed by atoms with Gasteiger partial charge in [0, 0.05) is 27.5 Å². The Morgan fingerprint density at radius 2 is 1.97 bits per heavy atom. The molecule has 1 fully saturated rings. The third kappa shape index (κ3) is 2.88. The largest absolute Gasteiger partial charge is 0.356 e. The van der Waals surface area contributed by atoms with Gasteiger partial charge in [0.05, 0.1) is 11.8 Å². The molecule has 1 saturated heterocycles. The summed E-state index contributed by atoms with van der Waals surface area (Å²) in [6.07, 6.45) is 2.10. The van der Waals surface area contributed by atoms with Gasteiger partial charge in [0.2, 0.25) is 5.91 Å². The number of amides is 2. The van der Waals surface area contributed by atoms with Crippen LogP contribution in [0.4, 0.5) is 0 Å². The highest BCUT2D eigenvalue weighted by Crippen LogP contribution is 2.42. The van der Waals surface area contributed by atoms with Crippen molar-refractivity contribution < 1.29 is 9.59 Å². The monoisotopic (exact) mass is 464 g/mol. The molecule has 6 nitrogen and oxygen atoms in total. The van der Waals surface area contributed by atoms with Crippen molar-refractivity contribution in [1.82, 2.24) is 14.9 Å². The maximum Gasteiger partial charge on any atom is 0.266 e. The molecule has 0 spiro atoms. The summed E-state index contributed by atoms with van der Waals surface area (Å²) in [4.78, 5) is 31.7. The Morgan fingerprint density at radius 1 is 1.17 bits per heavy atom. The van der Waals surface area contributed by atoms with Crippen LogP contribution in [-0.4, -0.2) is 45.5 Å². The number of benzene rings is 2. The van der Waals surface area contributed by atoms with Gasteiger partial charge in [-0.1, -0.05) is 46.3 Å². The van der Waals surface area contributed by atoms with Gasteiger partial charge < -0.3 is 9.88 Å². The highest BCUT2D eigenvalue weighted by molar-refractivity contribution is 9.10. The van der Waals surface area contributed by atoms with Crippen LogP contribution < -0.4 is 0 Å². The van der Waals surface area contributed by atoms with Crippen LogP contribution >= 0.6 is 15.9 Å². The first kappa shape index (κ1) is 19.1. The molecule has 3 heterocycles. The zero-order chi connectivity index (χ0) is 21.0. The van der Waals surface area contributed by atoms with E-state index in [2.05, 4.69) is 32.1 Å². The van der Waals surface area contributed by atoms with Crippen molar-refractivity contribution in [1.29, 1.82) is 0 Å². The van der Waals surface area contributed by atoms with Crippen molar-refractivity contribution in [3.05, 3.63) is 69.8 Å². The molecule has 2 amide bonds. The Kier molecular flexibility index (Phi) is 4.32. The maximum absolute atomic E-state index is 13.3. The molecule has 0 saturated carbocycles. The molecule has 2 aliphatic heterocycles. The van der Waals surface area contributed by atoms with Crippen LogP contribution in [0.5, 0.6) is 0 Å². The second-order valence-electron chi connectivity index (χ2n) is 8.26. The molecule has 1 aromatic heterocycles. The number of aromatic nitrogens is 1. The lowest BCUT2D eigenvalue weighted by Gasteiger charge is -2.50. The van der Waals surface area contributed by atoms with Gasteiger partial charge in [0.15, 0.2) is 0 Å². The molecular formula is C23H21BrN4O2. The quantitative estimate of drug-likeness (QED) is 0.586. The molecule has 2 aromatic carbocycles. The number of carbonyl (C=O) groups excluding carboxylic acids is 2. The number of halogens is 1. The highest BCUT2D eigenvalue weighted by atomic mass is 79.9. The van der Waals surface area contributed by atoms with Gasteiger partial charge in [-0.05, 0) is 43.2 Å². The third-order valence-corrected chi connectivity index (χ3v) is 6.52. The molecule has 1 unspecified atom stereocenters. The lowest BCUT2D eigenvalue weighted by molar-refractivity contribution is -0.163. The normalized spacial score (nSPS) is 20.7. The predicted molar refractivity (Wildman–Crippen MR) is 119 cm³/mol. The van der Waals surface area contributed by atoms with Crippen LogP contribution in [-0.2, 0) is 21.5 Å². The SMILES string of the molecule is CC1(C)c2[nH]c3ccccc3c2CC2C(=O)N(N=Cc3cccc(Br)c3)CC(=O)N21. The number of hydrazone groups is 1. The smallest absolute Gasteiger partial charge is 0.266 e. The second-order valence-corrected chi connectivity index (χ2v) is 9.18. The van der Waals surface area contributed by atoms with E-state index in [0.717, 1.165) is 32.2 Å². The van der Waals surface area contributed by atoms with E-state index in [-0.39, 0.29) is 18.4 Å². The van der Waals surface area contributed by atoms with Crippen molar-refractivity contribution >= 4 is 44.9 Å². The van der Waals surface area contributed by atoms with Gasteiger partial charge in [-0.2, -0.15) is 5.10 Å². The molecule has 5 rings (SSSR count). The number of carbonyl (C=O) groups is 2. The number of nitrogens with one attached hydrogen (secondary N) is 1. The first-order chi connectivity index (χ1) is 14.4. The van der Waals surface area contributed by atoms with E-state index >= 15 is 0 Å². The van der Waals surface area contributed by atoms with E-state index in [9.17, 15) is 9.59 Å².